The van der Waals surface area contributed by atoms with Gasteiger partial charge in [0.25, 0.3) is 11.8 Å². The van der Waals surface area contributed by atoms with E-state index in [1.165, 1.54) is 24.3 Å². The summed E-state index contributed by atoms with van der Waals surface area (Å²) < 4.78 is 24.2. The van der Waals surface area contributed by atoms with Gasteiger partial charge in [0.15, 0.2) is 5.79 Å². The van der Waals surface area contributed by atoms with Crippen LogP contribution >= 0.6 is 0 Å². The first kappa shape index (κ1) is 43.0. The van der Waals surface area contributed by atoms with Crippen molar-refractivity contribution in [1.82, 2.24) is 34.2 Å². The van der Waals surface area contributed by atoms with Gasteiger partial charge < -0.3 is 50.6 Å². The molecule has 1 saturated heterocycles. The normalized spacial score (nSPS) is 16.3. The fraction of sp³-hybridized carbons (Fsp3) is 0.400. The lowest BCUT2D eigenvalue weighted by molar-refractivity contribution is -0.148. The van der Waals surface area contributed by atoms with Crippen LogP contribution in [0.15, 0.2) is 48.2 Å². The van der Waals surface area contributed by atoms with Gasteiger partial charge in [0, 0.05) is 43.0 Å². The molecule has 20 heteroatoms. The van der Waals surface area contributed by atoms with Crippen LogP contribution in [-0.4, -0.2) is 101 Å². The highest BCUT2D eigenvalue weighted by molar-refractivity contribution is 6.08. The number of aliphatic hydroxyl groups is 1. The maximum atomic E-state index is 13.9. The van der Waals surface area contributed by atoms with Gasteiger partial charge in [-0.2, -0.15) is 5.10 Å². The molecule has 60 heavy (non-hydrogen) atoms. The minimum atomic E-state index is -1.12. The molecule has 20 nitrogen and oxygen atoms in total. The summed E-state index contributed by atoms with van der Waals surface area (Å²) in [6.45, 7) is 11.4. The highest BCUT2D eigenvalue weighted by atomic mass is 16.8. The lowest BCUT2D eigenvalue weighted by Crippen LogP contribution is -2.33. The molecular weight excluding hydrogens is 777 g/mol. The zero-order valence-electron chi connectivity index (χ0n) is 34.3. The SMILES string of the molecule is CCN/C(=C\C(C)=N)C(=O)Nc1nc2cc(C(N)=O)ccc2n1C[C@H]1OC(C)(C)O[C@@H]1Cn1c(NC(=O)c2cc(C)nn2CC)nc2cc(C(N)=O)cc(OCCCO)c21. The van der Waals surface area contributed by atoms with E-state index in [9.17, 15) is 24.3 Å². The number of fused-ring (bicyclic) bond motifs is 2. The molecule has 0 spiro atoms. The molecule has 0 radical (unpaired) electrons. The van der Waals surface area contributed by atoms with Crippen LogP contribution in [0.4, 0.5) is 11.9 Å². The monoisotopic (exact) mass is 826 g/mol. The molecule has 2 atom stereocenters. The van der Waals surface area contributed by atoms with Gasteiger partial charge in [0.1, 0.15) is 34.9 Å². The van der Waals surface area contributed by atoms with Gasteiger partial charge in [-0.05, 0) is 84.0 Å². The molecule has 4 heterocycles. The molecule has 5 aromatic rings. The summed E-state index contributed by atoms with van der Waals surface area (Å²) >= 11 is 0. The average molecular weight is 827 g/mol. The number of nitrogens with zero attached hydrogens (tertiary/aromatic N) is 6. The molecule has 318 valence electrons. The summed E-state index contributed by atoms with van der Waals surface area (Å²) in [7, 11) is 0. The number of aryl methyl sites for hydroxylation is 2. The van der Waals surface area contributed by atoms with Gasteiger partial charge in [0.2, 0.25) is 23.7 Å². The summed E-state index contributed by atoms with van der Waals surface area (Å²) in [5.74, 6) is -3.09. The Kier molecular flexibility index (Phi) is 12.7. The standard InChI is InChI=1S/C40H50N12O8/c1-7-44-27(14-21(3)41)36(56)47-38-45-25-16-23(34(42)54)10-11-28(25)50(38)19-31-32(60-40(5,6)59-31)20-51-33-26(17-24(35(43)55)18-30(33)58-13-9-12-53)46-39(51)48-37(57)29-15-22(4)49-52(29)8-2/h10-11,14-18,31-32,41,44,53H,7-9,12-13,19-20H2,1-6H3,(H2,42,54)(H2,43,55)(H,45,47,56)(H,46,48,57)/b27-14-,41-21?/t31-,32-/m1/s1. The van der Waals surface area contributed by atoms with Crippen molar-refractivity contribution in [2.24, 2.45) is 11.5 Å². The van der Waals surface area contributed by atoms with E-state index < -0.39 is 41.6 Å². The molecule has 0 unspecified atom stereocenters. The molecule has 0 aliphatic carbocycles. The van der Waals surface area contributed by atoms with Crippen molar-refractivity contribution in [3.63, 3.8) is 0 Å². The Balaban J connectivity index is 1.45. The van der Waals surface area contributed by atoms with Crippen molar-refractivity contribution in [1.29, 1.82) is 5.41 Å². The molecule has 1 fully saturated rings. The van der Waals surface area contributed by atoms with Crippen LogP contribution in [-0.2, 0) is 33.9 Å². The number of amides is 4. The second-order valence-corrected chi connectivity index (χ2v) is 14.7. The van der Waals surface area contributed by atoms with E-state index in [2.05, 4.69) is 26.0 Å². The van der Waals surface area contributed by atoms with Crippen LogP contribution < -0.4 is 32.2 Å². The summed E-state index contributed by atoms with van der Waals surface area (Å²) in [4.78, 5) is 61.5. The molecule has 6 rings (SSSR count). The Labute approximate surface area is 344 Å². The molecule has 1 aliphatic heterocycles. The number of benzene rings is 2. The lowest BCUT2D eigenvalue weighted by atomic mass is 10.1. The zero-order valence-corrected chi connectivity index (χ0v) is 34.3. The number of primary amides is 2. The van der Waals surface area contributed by atoms with Crippen molar-refractivity contribution in [2.75, 3.05) is 30.4 Å². The maximum absolute atomic E-state index is 13.9. The third-order valence-corrected chi connectivity index (χ3v) is 9.55. The fourth-order valence-corrected chi connectivity index (χ4v) is 7.05. The van der Waals surface area contributed by atoms with Gasteiger partial charge >= 0.3 is 0 Å². The topological polar surface area (TPSA) is 282 Å². The van der Waals surface area contributed by atoms with E-state index in [-0.39, 0.29) is 72.0 Å². The van der Waals surface area contributed by atoms with Gasteiger partial charge in [-0.1, -0.05) is 0 Å². The number of allylic oxidation sites excluding steroid dienone is 1. The number of rotatable bonds is 18. The smallest absolute Gasteiger partial charge is 0.276 e. The largest absolute Gasteiger partial charge is 0.491 e. The number of hydrogen-bond acceptors (Lipinski definition) is 13. The highest BCUT2D eigenvalue weighted by Crippen LogP contribution is 2.36. The first-order valence-electron chi connectivity index (χ1n) is 19.4. The number of likely N-dealkylation sites (N-methyl/N-ethyl adjacent to an activating group) is 1. The van der Waals surface area contributed by atoms with E-state index >= 15 is 0 Å². The maximum Gasteiger partial charge on any atom is 0.276 e. The van der Waals surface area contributed by atoms with Gasteiger partial charge in [-0.3, -0.25) is 34.5 Å². The number of aliphatic hydroxyl groups excluding tert-OH is 1. The molecular formula is C40H50N12O8. The Bertz CT molecular complexity index is 2520. The number of hydrogen-bond donors (Lipinski definition) is 7. The number of carbonyl (C=O) groups excluding carboxylic acids is 4. The quantitative estimate of drug-likeness (QED) is 0.0382. The Morgan fingerprint density at radius 3 is 2.23 bits per heavy atom. The van der Waals surface area contributed by atoms with Crippen molar-refractivity contribution in [3.05, 3.63) is 70.7 Å². The fourth-order valence-electron chi connectivity index (χ4n) is 7.05. The number of carbonyl (C=O) groups is 4. The highest BCUT2D eigenvalue weighted by Gasteiger charge is 2.43. The van der Waals surface area contributed by atoms with Crippen LogP contribution in [0.25, 0.3) is 22.1 Å². The number of anilines is 2. The second kappa shape index (κ2) is 17.7. The number of imidazole rings is 2. The van der Waals surface area contributed by atoms with E-state index in [0.29, 0.717) is 47.4 Å². The van der Waals surface area contributed by atoms with Crippen molar-refractivity contribution >= 4 is 63.3 Å². The summed E-state index contributed by atoms with van der Waals surface area (Å²) in [6, 6.07) is 9.40. The van der Waals surface area contributed by atoms with E-state index in [1.807, 2.05) is 13.8 Å². The number of nitrogens with two attached hydrogens (primary N) is 2. The second-order valence-electron chi connectivity index (χ2n) is 14.7. The van der Waals surface area contributed by atoms with Crippen LogP contribution in [0.1, 0.15) is 77.9 Å². The Morgan fingerprint density at radius 1 is 0.950 bits per heavy atom. The lowest BCUT2D eigenvalue weighted by Gasteiger charge is -2.22. The van der Waals surface area contributed by atoms with Gasteiger partial charge in [0.05, 0.1) is 41.9 Å². The first-order chi connectivity index (χ1) is 28.5. The molecule has 0 bridgehead atoms. The average Bonchev–Trinajstić information content (AvgIpc) is 3.92. The molecule has 1 aliphatic rings. The third kappa shape index (κ3) is 9.30. The summed E-state index contributed by atoms with van der Waals surface area (Å²) in [5.41, 5.74) is 14.5. The number of aromatic nitrogens is 6. The van der Waals surface area contributed by atoms with E-state index in [0.717, 1.165) is 0 Å². The van der Waals surface area contributed by atoms with Crippen LogP contribution in [0.5, 0.6) is 5.75 Å². The van der Waals surface area contributed by atoms with Gasteiger partial charge in [-0.25, -0.2) is 9.97 Å². The predicted octanol–water partition coefficient (Wildman–Crippen LogP) is 2.81. The van der Waals surface area contributed by atoms with E-state index in [4.69, 9.17) is 36.1 Å². The molecule has 9 N–H and O–H groups in total. The Morgan fingerprint density at radius 2 is 1.60 bits per heavy atom. The van der Waals surface area contributed by atoms with Crippen LogP contribution in [0, 0.1) is 12.3 Å². The van der Waals surface area contributed by atoms with E-state index in [1.54, 1.807) is 59.7 Å². The van der Waals surface area contributed by atoms with Crippen LogP contribution in [0.2, 0.25) is 0 Å². The van der Waals surface area contributed by atoms with Crippen LogP contribution in [0.3, 0.4) is 0 Å². The summed E-state index contributed by atoms with van der Waals surface area (Å²) in [5, 5.41) is 30.6. The van der Waals surface area contributed by atoms with Crippen molar-refractivity contribution < 1.29 is 38.5 Å². The minimum absolute atomic E-state index is 0.0185. The predicted molar refractivity (Wildman–Crippen MR) is 222 cm³/mol. The molecule has 2 aromatic carbocycles. The number of ether oxygens (including phenoxy) is 3. The summed E-state index contributed by atoms with van der Waals surface area (Å²) in [6.07, 6.45) is 0.189. The first-order valence-corrected chi connectivity index (χ1v) is 19.4. The minimum Gasteiger partial charge on any atom is -0.491 e. The van der Waals surface area contributed by atoms with Gasteiger partial charge in [-0.15, -0.1) is 0 Å². The van der Waals surface area contributed by atoms with Crippen molar-refractivity contribution in [2.45, 2.75) is 85.6 Å². The molecule has 3 aromatic heterocycles. The third-order valence-electron chi connectivity index (χ3n) is 9.55. The molecule has 0 saturated carbocycles. The zero-order chi connectivity index (χ0) is 43.5. The number of nitrogens with one attached hydrogen (secondary N) is 4. The molecule has 4 amide bonds. The van der Waals surface area contributed by atoms with Crippen molar-refractivity contribution in [3.8, 4) is 5.75 Å². The Hall–Kier alpha value is -6.64.